The van der Waals surface area contributed by atoms with Crippen LogP contribution in [0.4, 0.5) is 11.4 Å². The lowest BCUT2D eigenvalue weighted by atomic mass is 10.0. The Balaban J connectivity index is 1.37. The van der Waals surface area contributed by atoms with Gasteiger partial charge >= 0.3 is 0 Å². The fourth-order valence-corrected chi connectivity index (χ4v) is 5.64. The zero-order valence-corrected chi connectivity index (χ0v) is 22.6. The van der Waals surface area contributed by atoms with Gasteiger partial charge in [-0.2, -0.15) is 0 Å². The van der Waals surface area contributed by atoms with E-state index in [0.717, 1.165) is 43.3 Å². The fraction of sp³-hybridized carbons (Fsp3) is 0.552. The van der Waals surface area contributed by atoms with Crippen molar-refractivity contribution in [2.45, 2.75) is 57.3 Å². The van der Waals surface area contributed by atoms with Gasteiger partial charge in [0.05, 0.1) is 17.9 Å². The van der Waals surface area contributed by atoms with Crippen molar-refractivity contribution in [1.29, 1.82) is 0 Å². The zero-order valence-electron chi connectivity index (χ0n) is 22.6. The first-order valence-electron chi connectivity index (χ1n) is 13.4. The first-order valence-corrected chi connectivity index (χ1v) is 13.4. The highest BCUT2D eigenvalue weighted by molar-refractivity contribution is 5.76. The maximum absolute atomic E-state index is 11.9. The summed E-state index contributed by atoms with van der Waals surface area (Å²) in [4.78, 5) is 30.8. The van der Waals surface area contributed by atoms with Gasteiger partial charge in [-0.25, -0.2) is 0 Å². The number of rotatable bonds is 11. The highest BCUT2D eigenvalue weighted by Gasteiger charge is 2.37. The van der Waals surface area contributed by atoms with Crippen LogP contribution in [-0.2, 0) is 17.9 Å². The first-order chi connectivity index (χ1) is 17.9. The topological polar surface area (TPSA) is 67.8 Å². The third-order valence-corrected chi connectivity index (χ3v) is 7.62. The molecule has 4 heterocycles. The van der Waals surface area contributed by atoms with Crippen LogP contribution >= 0.6 is 0 Å². The van der Waals surface area contributed by atoms with Gasteiger partial charge in [0.1, 0.15) is 0 Å². The Labute approximate surface area is 222 Å². The van der Waals surface area contributed by atoms with Gasteiger partial charge < -0.3 is 15.1 Å². The summed E-state index contributed by atoms with van der Waals surface area (Å²) in [6, 6.07) is 9.56. The number of hydrogen-bond donors (Lipinski definition) is 1. The standard InChI is InChI=1S/C29H41N7O/c1-5-13-32-29(37)12-18-34(4)26-11-15-31-24(20-26)22-36-17-7-9-28(36)27-8-6-16-35(27)21-23-19-25(33(2)3)10-14-30-23/h1,10-11,14-15,19-20,27-28H,6-9,12-13,16-18,21-22H2,2-4H3,(H,32,37)/t27-,28-/m0/s1. The average Bonchev–Trinajstić information content (AvgIpc) is 3.55. The molecule has 8 heteroatoms. The third-order valence-electron chi connectivity index (χ3n) is 7.62. The summed E-state index contributed by atoms with van der Waals surface area (Å²) < 4.78 is 0. The Bertz CT molecular complexity index is 1080. The summed E-state index contributed by atoms with van der Waals surface area (Å²) >= 11 is 0. The highest BCUT2D eigenvalue weighted by atomic mass is 16.1. The van der Waals surface area contributed by atoms with Crippen molar-refractivity contribution in [3.63, 3.8) is 0 Å². The molecule has 2 fully saturated rings. The molecule has 2 saturated heterocycles. The summed E-state index contributed by atoms with van der Waals surface area (Å²) in [6.45, 7) is 4.91. The van der Waals surface area contributed by atoms with Crippen LogP contribution in [0.15, 0.2) is 36.7 Å². The molecular formula is C29H41N7O. The number of pyridine rings is 2. The molecule has 0 saturated carbocycles. The van der Waals surface area contributed by atoms with Gasteiger partial charge in [-0.05, 0) is 63.0 Å². The van der Waals surface area contributed by atoms with Gasteiger partial charge in [0.25, 0.3) is 0 Å². The normalized spacial score (nSPS) is 20.1. The van der Waals surface area contributed by atoms with E-state index in [4.69, 9.17) is 11.4 Å². The molecule has 1 N–H and O–H groups in total. The minimum absolute atomic E-state index is 0.0243. The number of nitrogens with zero attached hydrogens (tertiary/aromatic N) is 6. The van der Waals surface area contributed by atoms with Gasteiger partial charge in [0, 0.05) is 83.1 Å². The molecule has 0 unspecified atom stereocenters. The Kier molecular flexibility index (Phi) is 9.37. The van der Waals surface area contributed by atoms with Crippen LogP contribution in [0.3, 0.4) is 0 Å². The van der Waals surface area contributed by atoms with Gasteiger partial charge in [-0.1, -0.05) is 5.92 Å². The quantitative estimate of drug-likeness (QED) is 0.473. The van der Waals surface area contributed by atoms with Crippen LogP contribution in [-0.4, -0.2) is 85.1 Å². The van der Waals surface area contributed by atoms with E-state index in [1.165, 1.54) is 31.4 Å². The number of carbonyl (C=O) groups is 1. The number of amides is 1. The van der Waals surface area contributed by atoms with E-state index in [-0.39, 0.29) is 12.5 Å². The molecule has 2 atom stereocenters. The van der Waals surface area contributed by atoms with E-state index >= 15 is 0 Å². The number of likely N-dealkylation sites (tertiary alicyclic amines) is 2. The summed E-state index contributed by atoms with van der Waals surface area (Å²) in [5.74, 6) is 2.41. The summed E-state index contributed by atoms with van der Waals surface area (Å²) in [5, 5.41) is 2.73. The van der Waals surface area contributed by atoms with Gasteiger partial charge in [0.2, 0.25) is 5.91 Å². The second-order valence-electron chi connectivity index (χ2n) is 10.4. The van der Waals surface area contributed by atoms with Crippen molar-refractivity contribution in [2.24, 2.45) is 0 Å². The fourth-order valence-electron chi connectivity index (χ4n) is 5.64. The molecule has 0 radical (unpaired) electrons. The number of aromatic nitrogens is 2. The number of hydrogen-bond acceptors (Lipinski definition) is 7. The summed E-state index contributed by atoms with van der Waals surface area (Å²) in [5.41, 5.74) is 4.51. The molecule has 198 valence electrons. The molecule has 8 nitrogen and oxygen atoms in total. The Hall–Kier alpha value is -3.15. The van der Waals surface area contributed by atoms with E-state index in [1.54, 1.807) is 0 Å². The average molecular weight is 504 g/mol. The van der Waals surface area contributed by atoms with E-state index < -0.39 is 0 Å². The summed E-state index contributed by atoms with van der Waals surface area (Å²) in [6.07, 6.45) is 14.4. The number of nitrogens with one attached hydrogen (secondary N) is 1. The minimum Gasteiger partial charge on any atom is -0.378 e. The zero-order chi connectivity index (χ0) is 26.2. The molecule has 0 aromatic carbocycles. The molecule has 2 aliphatic heterocycles. The number of anilines is 2. The highest BCUT2D eigenvalue weighted by Crippen LogP contribution is 2.32. The van der Waals surface area contributed by atoms with Crippen LogP contribution in [0.1, 0.15) is 43.5 Å². The number of carbonyl (C=O) groups excluding carboxylic acids is 1. The van der Waals surface area contributed by atoms with Crippen LogP contribution in [0, 0.1) is 12.3 Å². The second kappa shape index (κ2) is 12.9. The predicted octanol–water partition coefficient (Wildman–Crippen LogP) is 2.75. The second-order valence-corrected chi connectivity index (χ2v) is 10.4. The van der Waals surface area contributed by atoms with Crippen molar-refractivity contribution in [1.82, 2.24) is 25.1 Å². The number of terminal acetylenes is 1. The maximum atomic E-state index is 11.9. The minimum atomic E-state index is -0.0243. The molecule has 0 spiro atoms. The molecule has 2 aromatic rings. The van der Waals surface area contributed by atoms with E-state index in [2.05, 4.69) is 68.1 Å². The Morgan fingerprint density at radius 3 is 2.14 bits per heavy atom. The lowest BCUT2D eigenvalue weighted by Crippen LogP contribution is -2.45. The lowest BCUT2D eigenvalue weighted by molar-refractivity contribution is -0.120. The van der Waals surface area contributed by atoms with Crippen LogP contribution in [0.25, 0.3) is 0 Å². The Morgan fingerprint density at radius 1 is 1.00 bits per heavy atom. The first kappa shape index (κ1) is 26.9. The SMILES string of the molecule is C#CCNC(=O)CCN(C)c1ccnc(CN2CCC[C@H]2[C@@H]2CCCN2Cc2cc(N(C)C)ccn2)c1. The smallest absolute Gasteiger partial charge is 0.222 e. The van der Waals surface area contributed by atoms with E-state index in [1.807, 2.05) is 25.5 Å². The molecule has 4 rings (SSSR count). The largest absolute Gasteiger partial charge is 0.378 e. The molecule has 1 amide bonds. The van der Waals surface area contributed by atoms with E-state index in [9.17, 15) is 4.79 Å². The van der Waals surface area contributed by atoms with Crippen LogP contribution in [0.5, 0.6) is 0 Å². The van der Waals surface area contributed by atoms with Gasteiger partial charge in [-0.15, -0.1) is 6.42 Å². The third kappa shape index (κ3) is 7.21. The van der Waals surface area contributed by atoms with Gasteiger partial charge in [-0.3, -0.25) is 24.6 Å². The van der Waals surface area contributed by atoms with Crippen LogP contribution < -0.4 is 15.1 Å². The van der Waals surface area contributed by atoms with Gasteiger partial charge in [0.15, 0.2) is 0 Å². The monoisotopic (exact) mass is 503 g/mol. The van der Waals surface area contributed by atoms with Crippen LogP contribution in [0.2, 0.25) is 0 Å². The van der Waals surface area contributed by atoms with E-state index in [0.29, 0.717) is 25.0 Å². The molecule has 37 heavy (non-hydrogen) atoms. The summed E-state index contributed by atoms with van der Waals surface area (Å²) in [7, 11) is 6.17. The molecule has 0 bridgehead atoms. The molecule has 0 aliphatic carbocycles. The lowest BCUT2D eigenvalue weighted by Gasteiger charge is -2.35. The molecular weight excluding hydrogens is 462 g/mol. The van der Waals surface area contributed by atoms with Crippen molar-refractivity contribution < 1.29 is 4.79 Å². The van der Waals surface area contributed by atoms with Crippen molar-refractivity contribution >= 4 is 17.3 Å². The van der Waals surface area contributed by atoms with Crippen molar-refractivity contribution in [3.05, 3.63) is 48.0 Å². The predicted molar refractivity (Wildman–Crippen MR) is 149 cm³/mol. The van der Waals surface area contributed by atoms with Crippen molar-refractivity contribution in [2.75, 3.05) is 57.1 Å². The Morgan fingerprint density at radius 2 is 1.57 bits per heavy atom. The molecule has 2 aromatic heterocycles. The molecule has 2 aliphatic rings. The van der Waals surface area contributed by atoms with Crippen molar-refractivity contribution in [3.8, 4) is 12.3 Å². The maximum Gasteiger partial charge on any atom is 0.222 e.